The van der Waals surface area contributed by atoms with Crippen LogP contribution in [0.4, 0.5) is 5.69 Å². The predicted molar refractivity (Wildman–Crippen MR) is 180 cm³/mol. The van der Waals surface area contributed by atoms with Crippen molar-refractivity contribution in [2.75, 3.05) is 38.5 Å². The van der Waals surface area contributed by atoms with Crippen molar-refractivity contribution >= 4 is 35.0 Å². The van der Waals surface area contributed by atoms with Gasteiger partial charge in [0.1, 0.15) is 5.02 Å². The molecule has 0 radical (unpaired) electrons. The smallest absolute Gasteiger partial charge is 0.287 e. The maximum Gasteiger partial charge on any atom is 0.287 e. The lowest BCUT2D eigenvalue weighted by Gasteiger charge is -2.37. The van der Waals surface area contributed by atoms with Crippen molar-refractivity contribution in [1.82, 2.24) is 24.9 Å². The summed E-state index contributed by atoms with van der Waals surface area (Å²) in [5.41, 5.74) is 3.86. The van der Waals surface area contributed by atoms with Crippen molar-refractivity contribution in [3.63, 3.8) is 0 Å². The first kappa shape index (κ1) is 32.5. The van der Waals surface area contributed by atoms with E-state index in [0.717, 1.165) is 43.5 Å². The van der Waals surface area contributed by atoms with Crippen molar-refractivity contribution < 1.29 is 14.4 Å². The second-order valence-electron chi connectivity index (χ2n) is 12.9. The van der Waals surface area contributed by atoms with Gasteiger partial charge in [-0.3, -0.25) is 24.5 Å². The van der Waals surface area contributed by atoms with Gasteiger partial charge in [-0.25, -0.2) is 4.68 Å². The summed E-state index contributed by atoms with van der Waals surface area (Å²) in [5.74, 6) is 6.41. The van der Waals surface area contributed by atoms with Crippen LogP contribution in [-0.2, 0) is 16.6 Å². The fraction of sp³-hybridized carbons (Fsp3) is 0.417. The van der Waals surface area contributed by atoms with E-state index in [2.05, 4.69) is 51.7 Å². The molecule has 2 N–H and O–H groups in total. The van der Waals surface area contributed by atoms with E-state index in [1.54, 1.807) is 13.2 Å². The van der Waals surface area contributed by atoms with Gasteiger partial charge in [0.15, 0.2) is 0 Å². The molecule has 244 valence electrons. The summed E-state index contributed by atoms with van der Waals surface area (Å²) in [6, 6.07) is 15.8. The third-order valence-corrected chi connectivity index (χ3v) is 9.82. The van der Waals surface area contributed by atoms with Gasteiger partial charge in [0, 0.05) is 62.7 Å². The zero-order valence-electron chi connectivity index (χ0n) is 26.7. The number of carbonyl (C=O) groups is 3. The molecule has 0 bridgehead atoms. The van der Waals surface area contributed by atoms with Crippen LogP contribution in [-0.4, -0.2) is 76.6 Å². The van der Waals surface area contributed by atoms with Crippen LogP contribution in [0.1, 0.15) is 71.0 Å². The van der Waals surface area contributed by atoms with E-state index < -0.39 is 0 Å². The van der Waals surface area contributed by atoms with Gasteiger partial charge in [0.2, 0.25) is 11.8 Å². The topological polar surface area (TPSA) is 117 Å². The SMILES string of the molecule is CN1C[C@@H](Nc2cnn(C)c(=O)c2Cl)C[C@@H](c2ccc(C(=O)N3CCC(C#Cc4ccc(C5CCC(=O)NC5=O)cc4)CC3)cc2)C1. The fourth-order valence-electron chi connectivity index (χ4n) is 6.80. The van der Waals surface area contributed by atoms with E-state index in [1.807, 2.05) is 41.3 Å². The van der Waals surface area contributed by atoms with Gasteiger partial charge < -0.3 is 15.1 Å². The summed E-state index contributed by atoms with van der Waals surface area (Å²) in [4.78, 5) is 53.3. The van der Waals surface area contributed by atoms with Crippen LogP contribution in [0.5, 0.6) is 0 Å². The molecule has 4 heterocycles. The van der Waals surface area contributed by atoms with Gasteiger partial charge in [-0.15, -0.1) is 0 Å². The highest BCUT2D eigenvalue weighted by molar-refractivity contribution is 6.32. The van der Waals surface area contributed by atoms with E-state index in [-0.39, 0.29) is 52.1 Å². The number of benzene rings is 2. The number of likely N-dealkylation sites (N-methyl/N-ethyl adjacent to an activating group) is 1. The van der Waals surface area contributed by atoms with Crippen LogP contribution in [0.3, 0.4) is 0 Å². The standard InChI is InChI=1S/C36H39ClN6O4/c1-41-21-28(19-29(22-41)39-31-20-38-42(2)36(47)33(31)37)25-9-11-27(12-10-25)35(46)43-17-15-24(16-18-43)4-3-23-5-7-26(8-6-23)30-13-14-32(44)40-34(30)45/h5-12,20,24,28-30,39H,13-19,21-22H2,1-2H3,(H,40,44,45)/t28-,29+,30?/m1/s1. The van der Waals surface area contributed by atoms with E-state index in [4.69, 9.17) is 11.6 Å². The molecule has 2 aromatic carbocycles. The highest BCUT2D eigenvalue weighted by Gasteiger charge is 2.29. The van der Waals surface area contributed by atoms with Gasteiger partial charge >= 0.3 is 0 Å². The number of hydrogen-bond donors (Lipinski definition) is 2. The molecule has 10 nitrogen and oxygen atoms in total. The molecule has 3 fully saturated rings. The Kier molecular flexibility index (Phi) is 9.76. The number of nitrogens with zero attached hydrogens (tertiary/aromatic N) is 4. The van der Waals surface area contributed by atoms with Crippen molar-refractivity contribution in [3.8, 4) is 11.8 Å². The largest absolute Gasteiger partial charge is 0.378 e. The van der Waals surface area contributed by atoms with E-state index in [9.17, 15) is 19.2 Å². The molecule has 0 saturated carbocycles. The number of nitrogens with one attached hydrogen (secondary N) is 2. The van der Waals surface area contributed by atoms with Crippen molar-refractivity contribution in [2.45, 2.75) is 50.0 Å². The van der Waals surface area contributed by atoms with Crippen molar-refractivity contribution in [3.05, 3.63) is 92.4 Å². The molecule has 47 heavy (non-hydrogen) atoms. The zero-order chi connectivity index (χ0) is 33.1. The van der Waals surface area contributed by atoms with Crippen LogP contribution in [0.2, 0.25) is 5.02 Å². The second-order valence-corrected chi connectivity index (χ2v) is 13.3. The molecule has 3 aliphatic rings. The molecule has 1 unspecified atom stereocenters. The first-order valence-electron chi connectivity index (χ1n) is 16.2. The lowest BCUT2D eigenvalue weighted by atomic mass is 9.87. The van der Waals surface area contributed by atoms with Crippen LogP contribution < -0.4 is 16.2 Å². The Labute approximate surface area is 279 Å². The van der Waals surface area contributed by atoms with Crippen LogP contribution in [0.25, 0.3) is 0 Å². The molecular formula is C36H39ClN6O4. The Hall–Kier alpha value is -4.46. The Balaban J connectivity index is 1.01. The number of imide groups is 1. The maximum absolute atomic E-state index is 13.3. The highest BCUT2D eigenvalue weighted by atomic mass is 35.5. The molecule has 0 aliphatic carbocycles. The number of aromatic nitrogens is 2. The number of rotatable bonds is 5. The summed E-state index contributed by atoms with van der Waals surface area (Å²) in [5, 5.41) is 10.1. The molecule has 6 rings (SSSR count). The van der Waals surface area contributed by atoms with Crippen LogP contribution >= 0.6 is 11.6 Å². The predicted octanol–water partition coefficient (Wildman–Crippen LogP) is 3.76. The highest BCUT2D eigenvalue weighted by Crippen LogP contribution is 2.30. The van der Waals surface area contributed by atoms with Gasteiger partial charge in [-0.1, -0.05) is 47.7 Å². The molecule has 3 saturated heterocycles. The summed E-state index contributed by atoms with van der Waals surface area (Å²) < 4.78 is 1.22. The Morgan fingerprint density at radius 2 is 1.66 bits per heavy atom. The number of piperidine rings is 3. The van der Waals surface area contributed by atoms with E-state index in [0.29, 0.717) is 37.2 Å². The number of carbonyl (C=O) groups excluding carboxylic acids is 3. The summed E-state index contributed by atoms with van der Waals surface area (Å²) in [6.45, 7) is 3.03. The molecule has 11 heteroatoms. The number of hydrogen-bond acceptors (Lipinski definition) is 7. The second kappa shape index (κ2) is 14.1. The number of aryl methyl sites for hydroxylation is 1. The number of likely N-dealkylation sites (tertiary alicyclic amines) is 2. The molecule has 0 spiro atoms. The summed E-state index contributed by atoms with van der Waals surface area (Å²) >= 11 is 6.29. The minimum atomic E-state index is -0.328. The maximum atomic E-state index is 13.3. The van der Waals surface area contributed by atoms with Crippen molar-refractivity contribution in [1.29, 1.82) is 0 Å². The van der Waals surface area contributed by atoms with Crippen LogP contribution in [0.15, 0.2) is 59.5 Å². The summed E-state index contributed by atoms with van der Waals surface area (Å²) in [6.07, 6.45) is 4.98. The van der Waals surface area contributed by atoms with E-state index in [1.165, 1.54) is 10.2 Å². The number of amides is 3. The first-order valence-corrected chi connectivity index (χ1v) is 16.5. The average molecular weight is 655 g/mol. The first-order chi connectivity index (χ1) is 22.6. The fourth-order valence-corrected chi connectivity index (χ4v) is 7.03. The minimum absolute atomic E-state index is 0.0418. The van der Waals surface area contributed by atoms with Crippen molar-refractivity contribution in [2.24, 2.45) is 13.0 Å². The van der Waals surface area contributed by atoms with Gasteiger partial charge in [-0.05, 0) is 74.0 Å². The number of anilines is 1. The van der Waals surface area contributed by atoms with Crippen LogP contribution in [0, 0.1) is 17.8 Å². The monoisotopic (exact) mass is 654 g/mol. The summed E-state index contributed by atoms with van der Waals surface area (Å²) in [7, 11) is 3.65. The Morgan fingerprint density at radius 1 is 0.957 bits per heavy atom. The molecular weight excluding hydrogens is 616 g/mol. The van der Waals surface area contributed by atoms with E-state index >= 15 is 0 Å². The average Bonchev–Trinajstić information content (AvgIpc) is 3.08. The molecule has 3 atom stereocenters. The third kappa shape index (κ3) is 7.58. The van der Waals surface area contributed by atoms with Gasteiger partial charge in [0.05, 0.1) is 17.8 Å². The minimum Gasteiger partial charge on any atom is -0.378 e. The lowest BCUT2D eigenvalue weighted by molar-refractivity contribution is -0.134. The van der Waals surface area contributed by atoms with Gasteiger partial charge in [0.25, 0.3) is 11.5 Å². The number of halogens is 1. The Morgan fingerprint density at radius 3 is 2.36 bits per heavy atom. The third-order valence-electron chi connectivity index (χ3n) is 9.46. The molecule has 3 aliphatic heterocycles. The van der Waals surface area contributed by atoms with Gasteiger partial charge in [-0.2, -0.15) is 5.10 Å². The lowest BCUT2D eigenvalue weighted by Crippen LogP contribution is -2.43. The Bertz CT molecular complexity index is 1770. The quantitative estimate of drug-likeness (QED) is 0.318. The molecule has 1 aromatic heterocycles. The molecule has 3 aromatic rings. The normalized spacial score (nSPS) is 22.3. The zero-order valence-corrected chi connectivity index (χ0v) is 27.4. The molecule has 3 amide bonds.